The van der Waals surface area contributed by atoms with Gasteiger partial charge in [-0.3, -0.25) is 0 Å². The summed E-state index contributed by atoms with van der Waals surface area (Å²) in [5.74, 6) is -1.27. The van der Waals surface area contributed by atoms with Crippen LogP contribution in [0.25, 0.3) is 0 Å². The van der Waals surface area contributed by atoms with Crippen molar-refractivity contribution in [2.24, 2.45) is 0 Å². The molecule has 0 unspecified atom stereocenters. The van der Waals surface area contributed by atoms with E-state index in [0.29, 0.717) is 22.3 Å². The van der Waals surface area contributed by atoms with E-state index in [4.69, 9.17) is 4.74 Å². The van der Waals surface area contributed by atoms with Gasteiger partial charge in [0.25, 0.3) is 0 Å². The third kappa shape index (κ3) is 5.10. The number of phenolic OH excluding ortho intramolecular Hbond substituents is 1. The molecule has 4 heteroatoms. The van der Waals surface area contributed by atoms with Gasteiger partial charge in [0.15, 0.2) is 0 Å². The molecule has 0 bridgehead atoms. The van der Waals surface area contributed by atoms with E-state index >= 15 is 0 Å². The van der Waals surface area contributed by atoms with E-state index in [1.807, 2.05) is 53.7 Å². The Balaban J connectivity index is 2.43. The summed E-state index contributed by atoms with van der Waals surface area (Å²) >= 11 is 0. The highest BCUT2D eigenvalue weighted by Crippen LogP contribution is 2.41. The highest BCUT2D eigenvalue weighted by atomic mass is 16.6. The molecule has 2 aromatic rings. The van der Waals surface area contributed by atoms with E-state index in [1.54, 1.807) is 12.1 Å². The average molecular weight is 411 g/mol. The van der Waals surface area contributed by atoms with Crippen molar-refractivity contribution >= 4 is 11.9 Å². The Labute approximate surface area is 180 Å². The van der Waals surface area contributed by atoms with Crippen LogP contribution in [0, 0.1) is 0 Å². The fraction of sp³-hybridized carbons (Fsp3) is 0.462. The van der Waals surface area contributed by atoms with Gasteiger partial charge in [-0.2, -0.15) is 0 Å². The van der Waals surface area contributed by atoms with Gasteiger partial charge >= 0.3 is 11.9 Å². The van der Waals surface area contributed by atoms with Crippen LogP contribution in [0.3, 0.4) is 0 Å². The number of ether oxygens (including phenoxy) is 1. The molecule has 0 radical (unpaired) electrons. The SMILES string of the molecule is CC(C)(C)c1ccc(C(=O)OC(=O)c2ccc(O)c(C(C)(C)C)c2C(C)(C)C)cc1. The summed E-state index contributed by atoms with van der Waals surface area (Å²) in [6, 6.07) is 10.1. The molecular weight excluding hydrogens is 376 g/mol. The Bertz CT molecular complexity index is 947. The van der Waals surface area contributed by atoms with Gasteiger partial charge in [0, 0.05) is 5.56 Å². The molecule has 2 aromatic carbocycles. The lowest BCUT2D eigenvalue weighted by molar-refractivity contribution is 0.0396. The first kappa shape index (κ1) is 23.7. The zero-order chi connectivity index (χ0) is 23.1. The highest BCUT2D eigenvalue weighted by Gasteiger charge is 2.33. The lowest BCUT2D eigenvalue weighted by Crippen LogP contribution is -2.26. The summed E-state index contributed by atoms with van der Waals surface area (Å²) in [5.41, 5.74) is 2.22. The molecule has 0 aliphatic heterocycles. The van der Waals surface area contributed by atoms with Crippen LogP contribution in [0.4, 0.5) is 0 Å². The zero-order valence-electron chi connectivity index (χ0n) is 19.6. The molecule has 162 valence electrons. The van der Waals surface area contributed by atoms with Gasteiger partial charge in [-0.25, -0.2) is 9.59 Å². The lowest BCUT2D eigenvalue weighted by atomic mass is 9.72. The van der Waals surface area contributed by atoms with Gasteiger partial charge in [0.1, 0.15) is 5.75 Å². The molecule has 0 saturated carbocycles. The van der Waals surface area contributed by atoms with E-state index in [2.05, 4.69) is 20.8 Å². The summed E-state index contributed by atoms with van der Waals surface area (Å²) in [6.07, 6.45) is 0. The van der Waals surface area contributed by atoms with Crippen molar-refractivity contribution in [1.29, 1.82) is 0 Å². The second kappa shape index (κ2) is 7.90. The first-order chi connectivity index (χ1) is 13.5. The van der Waals surface area contributed by atoms with Crippen LogP contribution >= 0.6 is 0 Å². The second-order valence-corrected chi connectivity index (χ2v) is 10.9. The first-order valence-electron chi connectivity index (χ1n) is 10.3. The molecule has 0 amide bonds. The number of carbonyl (C=O) groups is 2. The molecule has 30 heavy (non-hydrogen) atoms. The van der Waals surface area contributed by atoms with Crippen LogP contribution in [0.15, 0.2) is 36.4 Å². The van der Waals surface area contributed by atoms with Crippen molar-refractivity contribution in [3.8, 4) is 5.75 Å². The Kier molecular flexibility index (Phi) is 6.23. The predicted molar refractivity (Wildman–Crippen MR) is 120 cm³/mol. The van der Waals surface area contributed by atoms with E-state index in [0.717, 1.165) is 5.56 Å². The van der Waals surface area contributed by atoms with E-state index in [1.165, 1.54) is 12.1 Å². The summed E-state index contributed by atoms with van der Waals surface area (Å²) in [6.45, 7) is 18.1. The molecule has 1 N–H and O–H groups in total. The van der Waals surface area contributed by atoms with E-state index in [9.17, 15) is 14.7 Å². The van der Waals surface area contributed by atoms with Crippen LogP contribution in [-0.2, 0) is 21.0 Å². The number of esters is 2. The van der Waals surface area contributed by atoms with Gasteiger partial charge in [0.2, 0.25) is 0 Å². The van der Waals surface area contributed by atoms with Gasteiger partial charge in [0.05, 0.1) is 11.1 Å². The number of hydrogen-bond acceptors (Lipinski definition) is 4. The molecule has 0 fully saturated rings. The largest absolute Gasteiger partial charge is 0.508 e. The Morgan fingerprint density at radius 1 is 0.667 bits per heavy atom. The van der Waals surface area contributed by atoms with Crippen molar-refractivity contribution < 1.29 is 19.4 Å². The fourth-order valence-electron chi connectivity index (χ4n) is 3.60. The highest BCUT2D eigenvalue weighted by molar-refractivity contribution is 6.03. The maximum absolute atomic E-state index is 13.0. The first-order valence-corrected chi connectivity index (χ1v) is 10.3. The van der Waals surface area contributed by atoms with Gasteiger partial charge in [-0.05, 0) is 51.6 Å². The van der Waals surface area contributed by atoms with Gasteiger partial charge in [-0.1, -0.05) is 74.4 Å². The fourth-order valence-corrected chi connectivity index (χ4v) is 3.60. The summed E-state index contributed by atoms with van der Waals surface area (Å²) in [4.78, 5) is 25.6. The van der Waals surface area contributed by atoms with E-state index in [-0.39, 0.29) is 11.2 Å². The minimum Gasteiger partial charge on any atom is -0.508 e. The lowest BCUT2D eigenvalue weighted by Gasteiger charge is -2.32. The maximum Gasteiger partial charge on any atom is 0.346 e. The van der Waals surface area contributed by atoms with Crippen molar-refractivity contribution in [2.45, 2.75) is 78.6 Å². The molecule has 0 saturated heterocycles. The number of hydrogen-bond donors (Lipinski definition) is 1. The predicted octanol–water partition coefficient (Wildman–Crippen LogP) is 6.28. The zero-order valence-corrected chi connectivity index (χ0v) is 19.6. The Morgan fingerprint density at radius 3 is 1.60 bits per heavy atom. The number of carbonyl (C=O) groups excluding carboxylic acids is 2. The molecule has 4 nitrogen and oxygen atoms in total. The second-order valence-electron chi connectivity index (χ2n) is 10.9. The van der Waals surface area contributed by atoms with Crippen LogP contribution in [-0.4, -0.2) is 17.0 Å². The monoisotopic (exact) mass is 410 g/mol. The third-order valence-corrected chi connectivity index (χ3v) is 5.08. The molecular formula is C26H34O4. The Hall–Kier alpha value is -2.62. The smallest absolute Gasteiger partial charge is 0.346 e. The topological polar surface area (TPSA) is 63.6 Å². The molecule has 0 aliphatic rings. The summed E-state index contributed by atoms with van der Waals surface area (Å²) < 4.78 is 5.23. The van der Waals surface area contributed by atoms with Crippen molar-refractivity contribution in [3.05, 3.63) is 64.2 Å². The van der Waals surface area contributed by atoms with Crippen LogP contribution in [0.2, 0.25) is 0 Å². The van der Waals surface area contributed by atoms with Gasteiger partial charge < -0.3 is 9.84 Å². The molecule has 0 atom stereocenters. The standard InChI is InChI=1S/C26H34O4/c1-24(2,3)17-12-10-16(11-13-17)22(28)30-23(29)18-14-15-19(27)21(26(7,8)9)20(18)25(4,5)6/h10-15,27H,1-9H3. The van der Waals surface area contributed by atoms with Crippen molar-refractivity contribution in [2.75, 3.05) is 0 Å². The maximum atomic E-state index is 13.0. The molecule has 2 rings (SSSR count). The molecule has 0 aliphatic carbocycles. The minimum atomic E-state index is -0.713. The van der Waals surface area contributed by atoms with Crippen LogP contribution < -0.4 is 0 Å². The number of phenols is 1. The number of benzene rings is 2. The molecule has 0 spiro atoms. The van der Waals surface area contributed by atoms with Gasteiger partial charge in [-0.15, -0.1) is 0 Å². The average Bonchev–Trinajstić information content (AvgIpc) is 2.58. The molecule has 0 heterocycles. The summed E-state index contributed by atoms with van der Waals surface area (Å²) in [7, 11) is 0. The van der Waals surface area contributed by atoms with Crippen molar-refractivity contribution in [3.63, 3.8) is 0 Å². The minimum absolute atomic E-state index is 0.0325. The molecule has 0 aromatic heterocycles. The third-order valence-electron chi connectivity index (χ3n) is 5.08. The summed E-state index contributed by atoms with van der Waals surface area (Å²) in [5, 5.41) is 10.5. The Morgan fingerprint density at radius 2 is 1.17 bits per heavy atom. The quantitative estimate of drug-likeness (QED) is 0.467. The normalized spacial score (nSPS) is 12.6. The van der Waals surface area contributed by atoms with Crippen molar-refractivity contribution in [1.82, 2.24) is 0 Å². The van der Waals surface area contributed by atoms with E-state index < -0.39 is 22.8 Å². The number of aromatic hydroxyl groups is 1. The van der Waals surface area contributed by atoms with Crippen LogP contribution in [0.1, 0.15) is 99.7 Å². The number of rotatable bonds is 2. The van der Waals surface area contributed by atoms with Crippen LogP contribution in [0.5, 0.6) is 5.75 Å².